The van der Waals surface area contributed by atoms with Crippen LogP contribution in [0.2, 0.25) is 0 Å². The summed E-state index contributed by atoms with van der Waals surface area (Å²) in [5.41, 5.74) is 1.36. The summed E-state index contributed by atoms with van der Waals surface area (Å²) in [5, 5.41) is 8.82. The molecule has 148 valence electrons. The van der Waals surface area contributed by atoms with Crippen LogP contribution < -0.4 is 4.74 Å². The van der Waals surface area contributed by atoms with Crippen molar-refractivity contribution in [3.8, 4) is 17.1 Å². The summed E-state index contributed by atoms with van der Waals surface area (Å²) in [6.45, 7) is 0.646. The van der Waals surface area contributed by atoms with E-state index in [1.165, 1.54) is 19.2 Å². The van der Waals surface area contributed by atoms with Crippen LogP contribution in [0.15, 0.2) is 48.5 Å². The van der Waals surface area contributed by atoms with Crippen LogP contribution >= 0.6 is 0 Å². The van der Waals surface area contributed by atoms with Crippen LogP contribution in [0.25, 0.3) is 11.4 Å². The monoisotopic (exact) mass is 392 g/mol. The van der Waals surface area contributed by atoms with Crippen molar-refractivity contribution in [3.63, 3.8) is 0 Å². The smallest absolute Gasteiger partial charge is 0.254 e. The van der Waals surface area contributed by atoms with Gasteiger partial charge in [0, 0.05) is 30.1 Å². The van der Waals surface area contributed by atoms with Crippen molar-refractivity contribution in [1.82, 2.24) is 19.7 Å². The first-order valence-electron chi connectivity index (χ1n) is 9.79. The Hall–Kier alpha value is -3.22. The molecule has 2 aromatic carbocycles. The van der Waals surface area contributed by atoms with Crippen LogP contribution in [-0.4, -0.2) is 44.8 Å². The molecule has 3 heterocycles. The molecular weight excluding hydrogens is 371 g/mol. The Bertz CT molecular complexity index is 1070. The third-order valence-corrected chi connectivity index (χ3v) is 5.92. The molecular formula is C22H21FN4O2. The lowest BCUT2D eigenvalue weighted by molar-refractivity contribution is 0.0665. The van der Waals surface area contributed by atoms with Gasteiger partial charge in [0.2, 0.25) is 0 Å². The molecule has 0 N–H and O–H groups in total. The summed E-state index contributed by atoms with van der Waals surface area (Å²) in [6, 6.07) is 14.5. The van der Waals surface area contributed by atoms with Crippen molar-refractivity contribution in [2.45, 2.75) is 37.9 Å². The number of carbonyl (C=O) groups excluding carboxylic acids is 1. The SMILES string of the molecule is COc1ccc(C(=O)N2C3CCC2Cn2c(nnc2-c2ccccc2)C3)cc1F. The van der Waals surface area contributed by atoms with Crippen LogP contribution in [0.1, 0.15) is 29.0 Å². The summed E-state index contributed by atoms with van der Waals surface area (Å²) < 4.78 is 21.3. The Kier molecular flexibility index (Phi) is 4.30. The summed E-state index contributed by atoms with van der Waals surface area (Å²) in [7, 11) is 1.41. The van der Waals surface area contributed by atoms with Crippen LogP contribution in [-0.2, 0) is 13.0 Å². The number of rotatable bonds is 3. The van der Waals surface area contributed by atoms with E-state index in [4.69, 9.17) is 4.74 Å². The maximum Gasteiger partial charge on any atom is 0.254 e. The van der Waals surface area contributed by atoms with Crippen LogP contribution in [0, 0.1) is 5.82 Å². The van der Waals surface area contributed by atoms with Gasteiger partial charge >= 0.3 is 0 Å². The number of aromatic nitrogens is 3. The number of hydrogen-bond acceptors (Lipinski definition) is 4. The normalized spacial score (nSPS) is 20.3. The molecule has 1 aromatic heterocycles. The lowest BCUT2D eigenvalue weighted by Gasteiger charge is -2.28. The fourth-order valence-corrected chi connectivity index (χ4v) is 4.52. The molecule has 1 amide bonds. The Morgan fingerprint density at radius 2 is 1.90 bits per heavy atom. The van der Waals surface area contributed by atoms with Crippen molar-refractivity contribution in [2.24, 2.45) is 0 Å². The summed E-state index contributed by atoms with van der Waals surface area (Å²) in [6.07, 6.45) is 2.49. The standard InChI is InChI=1S/C22H21FN4O2/c1-29-19-10-7-15(11-18(19)23)22(28)27-16-8-9-17(27)13-26-20(12-16)24-25-21(26)14-5-3-2-4-6-14/h2-7,10-11,16-17H,8-9,12-13H2,1H3. The molecule has 29 heavy (non-hydrogen) atoms. The second-order valence-electron chi connectivity index (χ2n) is 7.57. The Balaban J connectivity index is 1.47. The van der Waals surface area contributed by atoms with E-state index in [1.54, 1.807) is 6.07 Å². The van der Waals surface area contributed by atoms with Gasteiger partial charge in [-0.25, -0.2) is 4.39 Å². The average Bonchev–Trinajstić information content (AvgIpc) is 3.27. The van der Waals surface area contributed by atoms with Gasteiger partial charge in [0.25, 0.3) is 5.91 Å². The molecule has 1 fully saturated rings. The zero-order valence-electron chi connectivity index (χ0n) is 16.1. The Morgan fingerprint density at radius 3 is 2.66 bits per heavy atom. The third-order valence-electron chi connectivity index (χ3n) is 5.92. The molecule has 2 aliphatic rings. The first-order chi connectivity index (χ1) is 14.2. The molecule has 6 nitrogen and oxygen atoms in total. The largest absolute Gasteiger partial charge is 0.494 e. The van der Waals surface area contributed by atoms with Gasteiger partial charge in [0.1, 0.15) is 5.82 Å². The quantitative estimate of drug-likeness (QED) is 0.686. The molecule has 1 saturated heterocycles. The van der Waals surface area contributed by atoms with Gasteiger partial charge in [-0.3, -0.25) is 4.79 Å². The number of halogens is 1. The second-order valence-corrected chi connectivity index (χ2v) is 7.57. The maximum absolute atomic E-state index is 14.2. The van der Waals surface area contributed by atoms with E-state index in [9.17, 15) is 9.18 Å². The molecule has 0 radical (unpaired) electrons. The Labute approximate surface area is 167 Å². The first kappa shape index (κ1) is 17.8. The third kappa shape index (κ3) is 2.97. The fraction of sp³-hybridized carbons (Fsp3) is 0.318. The topological polar surface area (TPSA) is 60.2 Å². The lowest BCUT2D eigenvalue weighted by atomic mass is 10.1. The van der Waals surface area contributed by atoms with Gasteiger partial charge in [-0.05, 0) is 31.0 Å². The van der Waals surface area contributed by atoms with E-state index in [-0.39, 0.29) is 23.7 Å². The van der Waals surface area contributed by atoms with E-state index >= 15 is 0 Å². The van der Waals surface area contributed by atoms with Gasteiger partial charge in [-0.1, -0.05) is 30.3 Å². The number of carbonyl (C=O) groups is 1. The molecule has 0 spiro atoms. The molecule has 0 saturated carbocycles. The van der Waals surface area contributed by atoms with Crippen molar-refractivity contribution in [2.75, 3.05) is 7.11 Å². The molecule has 2 aliphatic heterocycles. The van der Waals surface area contributed by atoms with Crippen LogP contribution in [0.3, 0.4) is 0 Å². The molecule has 3 aromatic rings. The highest BCUT2D eigenvalue weighted by molar-refractivity contribution is 5.95. The minimum absolute atomic E-state index is 0.0392. The number of methoxy groups -OCH3 is 1. The average molecular weight is 392 g/mol. The zero-order chi connectivity index (χ0) is 20.0. The van der Waals surface area contributed by atoms with Gasteiger partial charge < -0.3 is 14.2 Å². The number of hydrogen-bond donors (Lipinski definition) is 0. The minimum Gasteiger partial charge on any atom is -0.494 e. The Morgan fingerprint density at radius 1 is 1.10 bits per heavy atom. The molecule has 2 bridgehead atoms. The predicted octanol–water partition coefficient (Wildman–Crippen LogP) is 3.32. The van der Waals surface area contributed by atoms with Gasteiger partial charge in [0.15, 0.2) is 17.4 Å². The van der Waals surface area contributed by atoms with Crippen LogP contribution in [0.5, 0.6) is 5.75 Å². The lowest BCUT2D eigenvalue weighted by Crippen LogP contribution is -2.42. The summed E-state index contributed by atoms with van der Waals surface area (Å²) in [5.74, 6) is 1.20. The van der Waals surface area contributed by atoms with E-state index in [0.29, 0.717) is 18.5 Å². The van der Waals surface area contributed by atoms with E-state index in [2.05, 4.69) is 14.8 Å². The minimum atomic E-state index is -0.524. The summed E-state index contributed by atoms with van der Waals surface area (Å²) in [4.78, 5) is 15.2. The number of benzene rings is 2. The molecule has 5 rings (SSSR count). The van der Waals surface area contributed by atoms with Gasteiger partial charge in [-0.15, -0.1) is 10.2 Å². The highest BCUT2D eigenvalue weighted by atomic mass is 19.1. The molecule has 0 aliphatic carbocycles. The maximum atomic E-state index is 14.2. The zero-order valence-corrected chi connectivity index (χ0v) is 16.1. The molecule has 2 atom stereocenters. The van der Waals surface area contributed by atoms with E-state index in [0.717, 1.165) is 30.1 Å². The van der Waals surface area contributed by atoms with Crippen molar-refractivity contribution >= 4 is 5.91 Å². The van der Waals surface area contributed by atoms with Crippen molar-refractivity contribution in [3.05, 3.63) is 65.7 Å². The number of amides is 1. The fourth-order valence-electron chi connectivity index (χ4n) is 4.52. The number of nitrogens with zero attached hydrogens (tertiary/aromatic N) is 4. The first-order valence-corrected chi connectivity index (χ1v) is 9.79. The van der Waals surface area contributed by atoms with Gasteiger partial charge in [-0.2, -0.15) is 0 Å². The number of ether oxygens (including phenoxy) is 1. The van der Waals surface area contributed by atoms with Crippen molar-refractivity contribution < 1.29 is 13.9 Å². The van der Waals surface area contributed by atoms with Crippen molar-refractivity contribution in [1.29, 1.82) is 0 Å². The second kappa shape index (κ2) is 6.99. The van der Waals surface area contributed by atoms with E-state index in [1.807, 2.05) is 35.2 Å². The van der Waals surface area contributed by atoms with E-state index < -0.39 is 5.82 Å². The molecule has 7 heteroatoms. The highest BCUT2D eigenvalue weighted by Crippen LogP contribution is 2.34. The molecule has 2 unspecified atom stereocenters. The van der Waals surface area contributed by atoms with Gasteiger partial charge in [0.05, 0.1) is 13.2 Å². The highest BCUT2D eigenvalue weighted by Gasteiger charge is 2.41. The summed E-state index contributed by atoms with van der Waals surface area (Å²) >= 11 is 0. The van der Waals surface area contributed by atoms with Crippen LogP contribution in [0.4, 0.5) is 4.39 Å². The number of fused-ring (bicyclic) bond motifs is 3. The predicted molar refractivity (Wildman–Crippen MR) is 105 cm³/mol.